The molecule has 6 nitrogen and oxygen atoms in total. The topological polar surface area (TPSA) is 72.7 Å². The van der Waals surface area contributed by atoms with E-state index in [2.05, 4.69) is 20.5 Å². The summed E-state index contributed by atoms with van der Waals surface area (Å²) < 4.78 is 1.88. The lowest BCUT2D eigenvalue weighted by Gasteiger charge is -2.15. The first-order valence-corrected chi connectivity index (χ1v) is 9.19. The molecule has 26 heavy (non-hydrogen) atoms. The Hall–Kier alpha value is -2.67. The number of aromatic nitrogens is 4. The minimum Gasteiger partial charge on any atom is -0.325 e. The highest BCUT2D eigenvalue weighted by Crippen LogP contribution is 2.27. The highest BCUT2D eigenvalue weighted by Gasteiger charge is 2.20. The summed E-state index contributed by atoms with van der Waals surface area (Å²) in [6.07, 6.45) is 3.46. The number of hydrogen-bond donors (Lipinski definition) is 1. The molecule has 1 N–H and O–H groups in total. The number of anilines is 1. The maximum atomic E-state index is 12.6. The van der Waals surface area contributed by atoms with E-state index in [9.17, 15) is 4.79 Å². The monoisotopic (exact) mass is 367 g/mol. The largest absolute Gasteiger partial charge is 0.325 e. The summed E-state index contributed by atoms with van der Waals surface area (Å²) in [7, 11) is 1.89. The molecule has 0 bridgehead atoms. The number of benzene rings is 1. The van der Waals surface area contributed by atoms with E-state index in [-0.39, 0.29) is 11.2 Å². The third-order valence-corrected chi connectivity index (χ3v) is 5.27. The first-order chi connectivity index (χ1) is 12.5. The van der Waals surface area contributed by atoms with E-state index in [1.165, 1.54) is 11.8 Å². The minimum absolute atomic E-state index is 0.0571. The maximum absolute atomic E-state index is 12.6. The second-order valence-corrected chi connectivity index (χ2v) is 7.43. The summed E-state index contributed by atoms with van der Waals surface area (Å²) in [5.41, 5.74) is 3.86. The molecule has 3 rings (SSSR count). The summed E-state index contributed by atoms with van der Waals surface area (Å²) >= 11 is 1.38. The van der Waals surface area contributed by atoms with Crippen molar-refractivity contribution in [1.82, 2.24) is 19.7 Å². The van der Waals surface area contributed by atoms with Crippen molar-refractivity contribution >= 4 is 23.4 Å². The predicted molar refractivity (Wildman–Crippen MR) is 104 cm³/mol. The van der Waals surface area contributed by atoms with E-state index in [1.54, 1.807) is 12.4 Å². The quantitative estimate of drug-likeness (QED) is 0.698. The number of para-hydroxylation sites is 1. The van der Waals surface area contributed by atoms with Crippen molar-refractivity contribution in [3.8, 4) is 11.4 Å². The number of nitrogens with zero attached hydrogens (tertiary/aromatic N) is 4. The maximum Gasteiger partial charge on any atom is 0.237 e. The molecule has 3 aromatic rings. The van der Waals surface area contributed by atoms with Gasteiger partial charge in [-0.15, -0.1) is 10.2 Å². The Labute approximate surface area is 157 Å². The molecule has 134 valence electrons. The Morgan fingerprint density at radius 2 is 1.88 bits per heavy atom. The number of hydrogen-bond acceptors (Lipinski definition) is 5. The number of amides is 1. The zero-order valence-corrected chi connectivity index (χ0v) is 16.0. The van der Waals surface area contributed by atoms with Gasteiger partial charge in [0.25, 0.3) is 0 Å². The van der Waals surface area contributed by atoms with Crippen molar-refractivity contribution < 1.29 is 4.79 Å². The lowest BCUT2D eigenvalue weighted by Crippen LogP contribution is -2.23. The molecule has 0 unspecified atom stereocenters. The summed E-state index contributed by atoms with van der Waals surface area (Å²) in [6.45, 7) is 5.85. The first-order valence-electron chi connectivity index (χ1n) is 8.31. The van der Waals surface area contributed by atoms with E-state index in [0.29, 0.717) is 5.16 Å². The van der Waals surface area contributed by atoms with Gasteiger partial charge in [0.1, 0.15) is 0 Å². The molecule has 2 heterocycles. The molecule has 0 aliphatic rings. The molecule has 0 spiro atoms. The fourth-order valence-corrected chi connectivity index (χ4v) is 3.43. The number of rotatable bonds is 5. The van der Waals surface area contributed by atoms with Gasteiger partial charge in [-0.25, -0.2) is 0 Å². The molecule has 0 aliphatic carbocycles. The molecule has 1 amide bonds. The molecule has 2 aromatic heterocycles. The van der Waals surface area contributed by atoms with Gasteiger partial charge in [0.05, 0.1) is 5.25 Å². The highest BCUT2D eigenvalue weighted by molar-refractivity contribution is 8.00. The van der Waals surface area contributed by atoms with Crippen LogP contribution in [0.25, 0.3) is 11.4 Å². The van der Waals surface area contributed by atoms with E-state index in [0.717, 1.165) is 28.2 Å². The van der Waals surface area contributed by atoms with Crippen molar-refractivity contribution in [3.05, 3.63) is 53.9 Å². The average Bonchev–Trinajstić information content (AvgIpc) is 2.99. The summed E-state index contributed by atoms with van der Waals surface area (Å²) in [5, 5.41) is 11.9. The van der Waals surface area contributed by atoms with Crippen LogP contribution in [0.4, 0.5) is 5.69 Å². The Morgan fingerprint density at radius 3 is 2.54 bits per heavy atom. The number of pyridine rings is 1. The lowest BCUT2D eigenvalue weighted by molar-refractivity contribution is -0.115. The first kappa shape index (κ1) is 18.1. The Bertz CT molecular complexity index is 903. The Balaban J connectivity index is 1.73. The van der Waals surface area contributed by atoms with Crippen LogP contribution in [-0.2, 0) is 11.8 Å². The average molecular weight is 367 g/mol. The van der Waals surface area contributed by atoms with E-state index >= 15 is 0 Å². The second-order valence-electron chi connectivity index (χ2n) is 6.12. The number of carbonyl (C=O) groups excluding carboxylic acids is 1. The van der Waals surface area contributed by atoms with Crippen LogP contribution in [0, 0.1) is 13.8 Å². The molecule has 0 fully saturated rings. The summed E-state index contributed by atoms with van der Waals surface area (Å²) in [6, 6.07) is 9.75. The van der Waals surface area contributed by atoms with Crippen LogP contribution in [0.3, 0.4) is 0 Å². The predicted octanol–water partition coefficient (Wildman–Crippen LogP) is 3.61. The number of thioether (sulfide) groups is 1. The third-order valence-electron chi connectivity index (χ3n) is 4.14. The van der Waals surface area contributed by atoms with Crippen molar-refractivity contribution in [3.63, 3.8) is 0 Å². The molecule has 0 aliphatic heterocycles. The van der Waals surface area contributed by atoms with Gasteiger partial charge >= 0.3 is 0 Å². The number of aryl methyl sites for hydroxylation is 2. The molecule has 0 radical (unpaired) electrons. The molecule has 1 aromatic carbocycles. The van der Waals surface area contributed by atoms with Crippen LogP contribution < -0.4 is 5.32 Å². The number of nitrogens with one attached hydrogen (secondary N) is 1. The Kier molecular flexibility index (Phi) is 5.37. The van der Waals surface area contributed by atoms with Crippen LogP contribution in [0.2, 0.25) is 0 Å². The summed E-state index contributed by atoms with van der Waals surface area (Å²) in [4.78, 5) is 16.7. The normalized spacial score (nSPS) is 12.0. The van der Waals surface area contributed by atoms with Gasteiger partial charge in [0.2, 0.25) is 5.91 Å². The molecule has 1 atom stereocenters. The van der Waals surface area contributed by atoms with Gasteiger partial charge in [0, 0.05) is 30.7 Å². The number of carbonyl (C=O) groups is 1. The van der Waals surface area contributed by atoms with Crippen LogP contribution in [-0.4, -0.2) is 30.9 Å². The third kappa shape index (κ3) is 3.77. The van der Waals surface area contributed by atoms with E-state index < -0.39 is 0 Å². The standard InChI is InChI=1S/C19H21N5OS/c1-12-7-5-8-13(2)16(12)21-18(25)14(3)26-19-23-22-17(24(19)4)15-9-6-10-20-11-15/h5-11,14H,1-4H3,(H,21,25)/t14-/m0/s1. The highest BCUT2D eigenvalue weighted by atomic mass is 32.2. The molecule has 7 heteroatoms. The van der Waals surface area contributed by atoms with Crippen LogP contribution in [0.1, 0.15) is 18.1 Å². The van der Waals surface area contributed by atoms with Crippen LogP contribution in [0.5, 0.6) is 0 Å². The molecular weight excluding hydrogens is 346 g/mol. The van der Waals surface area contributed by atoms with Gasteiger partial charge in [-0.1, -0.05) is 30.0 Å². The molecule has 0 saturated carbocycles. The van der Waals surface area contributed by atoms with Crippen molar-refractivity contribution in [2.75, 3.05) is 5.32 Å². The smallest absolute Gasteiger partial charge is 0.237 e. The van der Waals surface area contributed by atoms with Crippen molar-refractivity contribution in [2.24, 2.45) is 7.05 Å². The minimum atomic E-state index is -0.307. The SMILES string of the molecule is Cc1cccc(C)c1NC(=O)[C@H](C)Sc1nnc(-c2cccnc2)n1C. The van der Waals surface area contributed by atoms with Gasteiger partial charge in [-0.2, -0.15) is 0 Å². The van der Waals surface area contributed by atoms with E-state index in [4.69, 9.17) is 0 Å². The van der Waals surface area contributed by atoms with Gasteiger partial charge < -0.3 is 9.88 Å². The van der Waals surface area contributed by atoms with Gasteiger partial charge in [0.15, 0.2) is 11.0 Å². The van der Waals surface area contributed by atoms with Crippen molar-refractivity contribution in [2.45, 2.75) is 31.2 Å². The molecule has 0 saturated heterocycles. The molecular formula is C19H21N5OS. The fraction of sp³-hybridized carbons (Fsp3) is 0.263. The van der Waals surface area contributed by atoms with Gasteiger partial charge in [-0.3, -0.25) is 9.78 Å². The lowest BCUT2D eigenvalue weighted by atomic mass is 10.1. The Morgan fingerprint density at radius 1 is 1.15 bits per heavy atom. The van der Waals surface area contributed by atoms with Crippen LogP contribution in [0.15, 0.2) is 47.9 Å². The van der Waals surface area contributed by atoms with E-state index in [1.807, 2.05) is 62.7 Å². The van der Waals surface area contributed by atoms with Gasteiger partial charge in [-0.05, 0) is 44.0 Å². The fourth-order valence-electron chi connectivity index (χ4n) is 2.61. The zero-order valence-electron chi connectivity index (χ0n) is 15.2. The summed E-state index contributed by atoms with van der Waals surface area (Å²) in [5.74, 6) is 0.668. The van der Waals surface area contributed by atoms with Crippen molar-refractivity contribution in [1.29, 1.82) is 0 Å². The second kappa shape index (κ2) is 7.70. The van der Waals surface area contributed by atoms with Crippen LogP contribution >= 0.6 is 11.8 Å². The zero-order chi connectivity index (χ0) is 18.7.